The highest BCUT2D eigenvalue weighted by Gasteiger charge is 2.23. The Hall–Kier alpha value is -0.770. The first-order valence-electron chi connectivity index (χ1n) is 5.79. The second-order valence-electron chi connectivity index (χ2n) is 4.45. The number of anilines is 1. The monoisotopic (exact) mass is 237 g/mol. The molecule has 0 radical (unpaired) electrons. The van der Waals surface area contributed by atoms with Crippen LogP contribution in [0.1, 0.15) is 30.8 Å². The maximum atomic E-state index is 4.42. The van der Waals surface area contributed by atoms with Gasteiger partial charge in [-0.2, -0.15) is 11.8 Å². The van der Waals surface area contributed by atoms with Crippen molar-refractivity contribution in [2.75, 3.05) is 11.6 Å². The van der Waals surface area contributed by atoms with Crippen molar-refractivity contribution < 1.29 is 0 Å². The quantitative estimate of drug-likeness (QED) is 0.877. The van der Waals surface area contributed by atoms with Crippen LogP contribution in [-0.4, -0.2) is 27.5 Å². The number of nitrogens with zero attached hydrogens (tertiary/aromatic N) is 2. The summed E-state index contributed by atoms with van der Waals surface area (Å²) in [6.07, 6.45) is 6.03. The van der Waals surface area contributed by atoms with Gasteiger partial charge in [0.15, 0.2) is 0 Å². The Morgan fingerprint density at radius 2 is 2.12 bits per heavy atom. The van der Waals surface area contributed by atoms with Crippen LogP contribution < -0.4 is 5.32 Å². The van der Waals surface area contributed by atoms with Gasteiger partial charge in [-0.15, -0.1) is 0 Å². The van der Waals surface area contributed by atoms with Crippen LogP contribution in [0.25, 0.3) is 0 Å². The molecule has 0 aliphatic heterocycles. The van der Waals surface area contributed by atoms with Crippen LogP contribution in [0.3, 0.4) is 0 Å². The van der Waals surface area contributed by atoms with Crippen molar-refractivity contribution in [3.8, 4) is 0 Å². The molecule has 0 amide bonds. The molecule has 2 rings (SSSR count). The Balaban J connectivity index is 1.99. The molecular weight excluding hydrogens is 218 g/mol. The normalized spacial score (nSPS) is 24.7. The van der Waals surface area contributed by atoms with Crippen LogP contribution in [-0.2, 0) is 0 Å². The predicted octanol–water partition coefficient (Wildman–Crippen LogP) is 2.79. The average Bonchev–Trinajstić information content (AvgIpc) is 2.64. The number of nitrogens with one attached hydrogen (secondary N) is 1. The number of hydrogen-bond acceptors (Lipinski definition) is 4. The molecule has 3 nitrogen and oxygen atoms in total. The second kappa shape index (κ2) is 5.04. The third-order valence-corrected chi connectivity index (χ3v) is 4.13. The Bertz CT molecular complexity index is 347. The lowest BCUT2D eigenvalue weighted by atomic mass is 10.2. The summed E-state index contributed by atoms with van der Waals surface area (Å²) >= 11 is 1.98. The molecule has 1 aliphatic carbocycles. The largest absolute Gasteiger partial charge is 0.367 e. The molecule has 4 heteroatoms. The molecule has 0 saturated heterocycles. The summed E-state index contributed by atoms with van der Waals surface area (Å²) in [6.45, 7) is 3.96. The van der Waals surface area contributed by atoms with E-state index in [0.717, 1.165) is 22.6 Å². The first-order valence-corrected chi connectivity index (χ1v) is 7.08. The van der Waals surface area contributed by atoms with Gasteiger partial charge in [0, 0.05) is 23.1 Å². The zero-order valence-electron chi connectivity index (χ0n) is 10.2. The van der Waals surface area contributed by atoms with Crippen LogP contribution in [0.4, 0.5) is 5.82 Å². The van der Waals surface area contributed by atoms with Crippen LogP contribution in [0.2, 0.25) is 0 Å². The summed E-state index contributed by atoms with van der Waals surface area (Å²) in [6, 6.07) is 2.62. The average molecular weight is 237 g/mol. The number of rotatable bonds is 3. The lowest BCUT2D eigenvalue weighted by Crippen LogP contribution is -2.17. The lowest BCUT2D eigenvalue weighted by molar-refractivity contribution is 0.749. The maximum absolute atomic E-state index is 4.42. The number of thioether (sulfide) groups is 1. The molecule has 2 atom stereocenters. The van der Waals surface area contributed by atoms with Crippen molar-refractivity contribution >= 4 is 17.6 Å². The fourth-order valence-corrected chi connectivity index (χ4v) is 3.08. The minimum Gasteiger partial charge on any atom is -0.367 e. The lowest BCUT2D eigenvalue weighted by Gasteiger charge is -2.14. The number of aromatic nitrogens is 2. The Morgan fingerprint density at radius 3 is 2.75 bits per heavy atom. The Kier molecular flexibility index (Phi) is 3.69. The van der Waals surface area contributed by atoms with E-state index >= 15 is 0 Å². The van der Waals surface area contributed by atoms with Crippen LogP contribution in [0.15, 0.2) is 6.07 Å². The minimum atomic E-state index is 0.589. The molecular formula is C12H19N3S. The molecule has 1 aliphatic rings. The van der Waals surface area contributed by atoms with Crippen molar-refractivity contribution in [2.45, 2.75) is 44.4 Å². The summed E-state index contributed by atoms with van der Waals surface area (Å²) in [4.78, 5) is 8.70. The Labute approximate surface area is 101 Å². The van der Waals surface area contributed by atoms with Crippen LogP contribution in [0, 0.1) is 13.8 Å². The van der Waals surface area contributed by atoms with E-state index in [4.69, 9.17) is 0 Å². The van der Waals surface area contributed by atoms with E-state index < -0.39 is 0 Å². The van der Waals surface area contributed by atoms with Gasteiger partial charge in [0.25, 0.3) is 0 Å². The van der Waals surface area contributed by atoms with E-state index in [9.17, 15) is 0 Å². The van der Waals surface area contributed by atoms with E-state index in [0.29, 0.717) is 6.04 Å². The van der Waals surface area contributed by atoms with Gasteiger partial charge in [-0.05, 0) is 39.4 Å². The van der Waals surface area contributed by atoms with E-state index in [1.165, 1.54) is 19.3 Å². The maximum Gasteiger partial charge on any atom is 0.130 e. The van der Waals surface area contributed by atoms with Gasteiger partial charge >= 0.3 is 0 Å². The molecule has 2 unspecified atom stereocenters. The van der Waals surface area contributed by atoms with Crippen molar-refractivity contribution in [3.05, 3.63) is 17.6 Å². The van der Waals surface area contributed by atoms with Crippen molar-refractivity contribution in [2.24, 2.45) is 0 Å². The smallest absolute Gasteiger partial charge is 0.130 e. The molecule has 16 heavy (non-hydrogen) atoms. The molecule has 1 saturated carbocycles. The van der Waals surface area contributed by atoms with E-state index in [1.54, 1.807) is 0 Å². The SMILES string of the molecule is CSC1CCC(Nc2cc(C)nc(C)n2)C1. The van der Waals surface area contributed by atoms with E-state index in [2.05, 4.69) is 21.5 Å². The zero-order chi connectivity index (χ0) is 11.5. The van der Waals surface area contributed by atoms with Crippen molar-refractivity contribution in [1.82, 2.24) is 9.97 Å². The highest BCUT2D eigenvalue weighted by molar-refractivity contribution is 7.99. The third-order valence-electron chi connectivity index (χ3n) is 3.04. The third kappa shape index (κ3) is 2.88. The minimum absolute atomic E-state index is 0.589. The topological polar surface area (TPSA) is 37.8 Å². The van der Waals surface area contributed by atoms with Gasteiger partial charge in [0.1, 0.15) is 11.6 Å². The van der Waals surface area contributed by atoms with Gasteiger partial charge in [-0.3, -0.25) is 0 Å². The predicted molar refractivity (Wildman–Crippen MR) is 70.1 cm³/mol. The molecule has 88 valence electrons. The fraction of sp³-hybridized carbons (Fsp3) is 0.667. The number of aryl methyl sites for hydroxylation is 2. The fourth-order valence-electron chi connectivity index (χ4n) is 2.29. The molecule has 1 fully saturated rings. The van der Waals surface area contributed by atoms with E-state index in [1.807, 2.05) is 31.7 Å². The summed E-state index contributed by atoms with van der Waals surface area (Å²) in [5.41, 5.74) is 1.04. The molecule has 0 spiro atoms. The molecule has 1 aromatic heterocycles. The molecule has 0 aromatic carbocycles. The standard InChI is InChI=1S/C12H19N3S/c1-8-6-12(14-9(2)13-8)15-10-4-5-11(7-10)16-3/h6,10-11H,4-5,7H2,1-3H3,(H,13,14,15). The Morgan fingerprint density at radius 1 is 1.31 bits per heavy atom. The molecule has 0 bridgehead atoms. The van der Waals surface area contributed by atoms with Crippen molar-refractivity contribution in [1.29, 1.82) is 0 Å². The van der Waals surface area contributed by atoms with Crippen LogP contribution >= 0.6 is 11.8 Å². The first kappa shape index (κ1) is 11.7. The first-order chi connectivity index (χ1) is 7.67. The van der Waals surface area contributed by atoms with Gasteiger partial charge < -0.3 is 5.32 Å². The van der Waals surface area contributed by atoms with Gasteiger partial charge in [0.2, 0.25) is 0 Å². The summed E-state index contributed by atoms with van der Waals surface area (Å²) < 4.78 is 0. The molecule has 1 heterocycles. The van der Waals surface area contributed by atoms with Gasteiger partial charge in [0.05, 0.1) is 0 Å². The van der Waals surface area contributed by atoms with Crippen LogP contribution in [0.5, 0.6) is 0 Å². The highest BCUT2D eigenvalue weighted by atomic mass is 32.2. The number of hydrogen-bond donors (Lipinski definition) is 1. The summed E-state index contributed by atoms with van der Waals surface area (Å²) in [5, 5.41) is 4.34. The van der Waals surface area contributed by atoms with Gasteiger partial charge in [-0.25, -0.2) is 9.97 Å². The van der Waals surface area contributed by atoms with E-state index in [-0.39, 0.29) is 0 Å². The second-order valence-corrected chi connectivity index (χ2v) is 5.59. The molecule has 1 N–H and O–H groups in total. The highest BCUT2D eigenvalue weighted by Crippen LogP contribution is 2.29. The summed E-state index contributed by atoms with van der Waals surface area (Å²) in [7, 11) is 0. The van der Waals surface area contributed by atoms with Gasteiger partial charge in [-0.1, -0.05) is 0 Å². The van der Waals surface area contributed by atoms with Crippen molar-refractivity contribution in [3.63, 3.8) is 0 Å². The molecule has 1 aromatic rings. The summed E-state index contributed by atoms with van der Waals surface area (Å²) in [5.74, 6) is 1.83. The zero-order valence-corrected chi connectivity index (χ0v) is 11.0.